The van der Waals surface area contributed by atoms with E-state index in [-0.39, 0.29) is 0 Å². The van der Waals surface area contributed by atoms with E-state index in [4.69, 9.17) is 16.3 Å². The van der Waals surface area contributed by atoms with Gasteiger partial charge in [0.05, 0.1) is 6.10 Å². The van der Waals surface area contributed by atoms with Crippen molar-refractivity contribution >= 4 is 11.6 Å². The van der Waals surface area contributed by atoms with E-state index < -0.39 is 0 Å². The smallest absolute Gasteiger partial charge is 0.0578 e. The molecule has 0 aromatic carbocycles. The molecule has 1 nitrogen and oxygen atoms in total. The van der Waals surface area contributed by atoms with Crippen LogP contribution in [0.2, 0.25) is 0 Å². The summed E-state index contributed by atoms with van der Waals surface area (Å²) in [5, 5.41) is 0.497. The van der Waals surface area contributed by atoms with Crippen molar-refractivity contribution in [2.24, 2.45) is 11.8 Å². The summed E-state index contributed by atoms with van der Waals surface area (Å²) < 4.78 is 5.20. The largest absolute Gasteiger partial charge is 0.381 e. The molecule has 2 aliphatic carbocycles. The summed E-state index contributed by atoms with van der Waals surface area (Å²) in [6.07, 6.45) is 2.93. The third-order valence-corrected chi connectivity index (χ3v) is 3.28. The lowest BCUT2D eigenvalue weighted by molar-refractivity contribution is 0.0985. The minimum absolute atomic E-state index is 0.497. The van der Waals surface area contributed by atoms with Crippen LogP contribution in [0.1, 0.15) is 12.8 Å². The summed E-state index contributed by atoms with van der Waals surface area (Å²) in [4.78, 5) is 0. The van der Waals surface area contributed by atoms with Crippen LogP contribution in [0, 0.1) is 11.8 Å². The summed E-state index contributed by atoms with van der Waals surface area (Å²) in [6.45, 7) is 0. The maximum Gasteiger partial charge on any atom is 0.0578 e. The Morgan fingerprint density at radius 2 is 1.89 bits per heavy atom. The molecule has 9 heavy (non-hydrogen) atoms. The van der Waals surface area contributed by atoms with Crippen LogP contribution in [0.15, 0.2) is 0 Å². The second-order valence-electron chi connectivity index (χ2n) is 3.10. The van der Waals surface area contributed by atoms with Gasteiger partial charge in [-0.15, -0.1) is 11.6 Å². The van der Waals surface area contributed by atoms with Crippen molar-refractivity contribution in [1.29, 1.82) is 0 Å². The van der Waals surface area contributed by atoms with Gasteiger partial charge in [-0.2, -0.15) is 0 Å². The molecular formula is C7H11ClO. The molecule has 0 radical (unpaired) electrons. The number of hydrogen-bond donors (Lipinski definition) is 0. The molecule has 2 fully saturated rings. The summed E-state index contributed by atoms with van der Waals surface area (Å²) in [6, 6.07) is 0. The SMILES string of the molecule is COC1C[C@H]2C(Cl)[C@@H]2C1. The first-order chi connectivity index (χ1) is 4.33. The fourth-order valence-corrected chi connectivity index (χ4v) is 2.40. The number of alkyl halides is 1. The van der Waals surface area contributed by atoms with Crippen LogP contribution in [0.25, 0.3) is 0 Å². The molecule has 0 N–H and O–H groups in total. The Morgan fingerprint density at radius 3 is 2.33 bits per heavy atom. The van der Waals surface area contributed by atoms with Crippen LogP contribution in [0.4, 0.5) is 0 Å². The van der Waals surface area contributed by atoms with Gasteiger partial charge in [0.15, 0.2) is 0 Å². The first-order valence-corrected chi connectivity index (χ1v) is 3.93. The van der Waals surface area contributed by atoms with Gasteiger partial charge in [-0.25, -0.2) is 0 Å². The molecule has 2 atom stereocenters. The summed E-state index contributed by atoms with van der Waals surface area (Å²) in [7, 11) is 1.79. The van der Waals surface area contributed by atoms with Crippen molar-refractivity contribution in [3.63, 3.8) is 0 Å². The lowest BCUT2D eigenvalue weighted by Crippen LogP contribution is -2.08. The Morgan fingerprint density at radius 1 is 1.33 bits per heavy atom. The lowest BCUT2D eigenvalue weighted by atomic mass is 10.2. The number of methoxy groups -OCH3 is 1. The van der Waals surface area contributed by atoms with E-state index >= 15 is 0 Å². The molecule has 2 heteroatoms. The van der Waals surface area contributed by atoms with Gasteiger partial charge in [0.25, 0.3) is 0 Å². The van der Waals surface area contributed by atoms with Gasteiger partial charge in [0, 0.05) is 12.5 Å². The minimum Gasteiger partial charge on any atom is -0.381 e. The van der Waals surface area contributed by atoms with E-state index in [0.717, 1.165) is 11.8 Å². The molecule has 0 heterocycles. The first-order valence-electron chi connectivity index (χ1n) is 3.50. The molecule has 2 saturated carbocycles. The zero-order chi connectivity index (χ0) is 6.43. The summed E-state index contributed by atoms with van der Waals surface area (Å²) in [5.41, 5.74) is 0. The highest BCUT2D eigenvalue weighted by atomic mass is 35.5. The van der Waals surface area contributed by atoms with Crippen LogP contribution >= 0.6 is 11.6 Å². The summed E-state index contributed by atoms with van der Waals surface area (Å²) >= 11 is 5.92. The average molecular weight is 147 g/mol. The van der Waals surface area contributed by atoms with Crippen molar-refractivity contribution in [2.75, 3.05) is 7.11 Å². The number of hydrogen-bond acceptors (Lipinski definition) is 1. The van der Waals surface area contributed by atoms with Gasteiger partial charge >= 0.3 is 0 Å². The quantitative estimate of drug-likeness (QED) is 0.512. The van der Waals surface area contributed by atoms with E-state index in [1.165, 1.54) is 12.8 Å². The molecule has 0 spiro atoms. The van der Waals surface area contributed by atoms with Crippen LogP contribution in [0.3, 0.4) is 0 Å². The van der Waals surface area contributed by atoms with Crippen LogP contribution < -0.4 is 0 Å². The van der Waals surface area contributed by atoms with E-state index in [0.29, 0.717) is 11.5 Å². The van der Waals surface area contributed by atoms with Crippen LogP contribution in [-0.2, 0) is 4.74 Å². The molecule has 0 unspecified atom stereocenters. The highest BCUT2D eigenvalue weighted by Crippen LogP contribution is 2.55. The molecule has 52 valence electrons. The molecule has 0 amide bonds. The zero-order valence-corrected chi connectivity index (χ0v) is 6.27. The maximum absolute atomic E-state index is 5.92. The van der Waals surface area contributed by atoms with Crippen LogP contribution in [-0.4, -0.2) is 18.6 Å². The lowest BCUT2D eigenvalue weighted by Gasteiger charge is -2.08. The Labute approximate surface area is 60.3 Å². The zero-order valence-electron chi connectivity index (χ0n) is 5.51. The molecule has 0 saturated heterocycles. The van der Waals surface area contributed by atoms with Gasteiger partial charge in [-0.1, -0.05) is 0 Å². The summed E-state index contributed by atoms with van der Waals surface area (Å²) in [5.74, 6) is 1.60. The maximum atomic E-state index is 5.92. The third kappa shape index (κ3) is 0.786. The molecule has 0 aromatic heterocycles. The highest BCUT2D eigenvalue weighted by Gasteiger charge is 2.55. The standard InChI is InChI=1S/C7H11ClO/c1-9-4-2-5-6(3-4)7(5)8/h4-7H,2-3H2,1H3/t4?,5-,6-,7?/m1/s1. The highest BCUT2D eigenvalue weighted by molar-refractivity contribution is 6.23. The Kier molecular flexibility index (Phi) is 1.24. The van der Waals surface area contributed by atoms with Crippen LogP contribution in [0.5, 0.6) is 0 Å². The van der Waals surface area contributed by atoms with Gasteiger partial charge in [-0.3, -0.25) is 0 Å². The van der Waals surface area contributed by atoms with E-state index in [1.54, 1.807) is 7.11 Å². The molecule has 0 bridgehead atoms. The minimum atomic E-state index is 0.497. The molecule has 0 aromatic rings. The van der Waals surface area contributed by atoms with Gasteiger partial charge < -0.3 is 4.74 Å². The van der Waals surface area contributed by atoms with Gasteiger partial charge in [-0.05, 0) is 24.7 Å². The predicted molar refractivity (Wildman–Crippen MR) is 36.7 cm³/mol. The second-order valence-corrected chi connectivity index (χ2v) is 3.61. The number of fused-ring (bicyclic) bond motifs is 1. The monoisotopic (exact) mass is 146 g/mol. The fraction of sp³-hybridized carbons (Fsp3) is 1.00. The normalized spacial score (nSPS) is 49.3. The number of rotatable bonds is 1. The van der Waals surface area contributed by atoms with Crippen molar-refractivity contribution in [2.45, 2.75) is 24.3 Å². The predicted octanol–water partition coefficient (Wildman–Crippen LogP) is 1.65. The van der Waals surface area contributed by atoms with Crippen molar-refractivity contribution in [3.05, 3.63) is 0 Å². The Bertz CT molecular complexity index is 114. The van der Waals surface area contributed by atoms with E-state index in [9.17, 15) is 0 Å². The molecule has 2 rings (SSSR count). The fourth-order valence-electron chi connectivity index (χ4n) is 1.90. The molecule has 0 aliphatic heterocycles. The number of halogens is 1. The Hall–Kier alpha value is 0.250. The van der Waals surface area contributed by atoms with Crippen molar-refractivity contribution in [1.82, 2.24) is 0 Å². The van der Waals surface area contributed by atoms with Crippen molar-refractivity contribution in [3.8, 4) is 0 Å². The third-order valence-electron chi connectivity index (χ3n) is 2.63. The second kappa shape index (κ2) is 1.86. The van der Waals surface area contributed by atoms with Crippen molar-refractivity contribution < 1.29 is 4.74 Å². The molecule has 2 aliphatic rings. The Balaban J connectivity index is 1.89. The first kappa shape index (κ1) is 5.99. The average Bonchev–Trinajstić information content (AvgIpc) is 2.32. The topological polar surface area (TPSA) is 9.23 Å². The van der Waals surface area contributed by atoms with Gasteiger partial charge in [0.1, 0.15) is 0 Å². The van der Waals surface area contributed by atoms with E-state index in [1.807, 2.05) is 0 Å². The van der Waals surface area contributed by atoms with E-state index in [2.05, 4.69) is 0 Å². The van der Waals surface area contributed by atoms with Gasteiger partial charge in [0.2, 0.25) is 0 Å². The molecular weight excluding hydrogens is 136 g/mol. The number of ether oxygens (including phenoxy) is 1.